The summed E-state index contributed by atoms with van der Waals surface area (Å²) < 4.78 is 19.3. The lowest BCUT2D eigenvalue weighted by molar-refractivity contribution is -0.167. The van der Waals surface area contributed by atoms with Gasteiger partial charge in [-0.05, 0) is 37.5 Å². The molecule has 3 unspecified atom stereocenters. The predicted molar refractivity (Wildman–Crippen MR) is 107 cm³/mol. The molecule has 0 heterocycles. The van der Waals surface area contributed by atoms with Gasteiger partial charge in [-0.1, -0.05) is 41.5 Å². The van der Waals surface area contributed by atoms with Crippen LogP contribution in [0.15, 0.2) is 0 Å². The van der Waals surface area contributed by atoms with Crippen LogP contribution in [0.4, 0.5) is 0 Å². The Kier molecular flexibility index (Phi) is 7.94. The summed E-state index contributed by atoms with van der Waals surface area (Å²) in [4.78, 5) is 24.3. The van der Waals surface area contributed by atoms with E-state index >= 15 is 0 Å². The minimum atomic E-state index is -3.56. The van der Waals surface area contributed by atoms with E-state index in [4.69, 9.17) is 10.3 Å². The van der Waals surface area contributed by atoms with Crippen LogP contribution in [0.1, 0.15) is 68.7 Å². The van der Waals surface area contributed by atoms with Gasteiger partial charge in [0.2, 0.25) is 7.37 Å². The molecule has 0 saturated heterocycles. The van der Waals surface area contributed by atoms with Crippen LogP contribution < -0.4 is 5.73 Å². The number of carboxylic acids is 2. The summed E-state index contributed by atoms with van der Waals surface area (Å²) in [6.07, 6.45) is -0.978. The third-order valence-corrected chi connectivity index (χ3v) is 7.37. The molecule has 8 heteroatoms. The fourth-order valence-electron chi connectivity index (χ4n) is 3.81. The van der Waals surface area contributed by atoms with Crippen LogP contribution in [-0.2, 0) is 18.7 Å². The summed E-state index contributed by atoms with van der Waals surface area (Å²) >= 11 is 0. The molecule has 0 aliphatic carbocycles. The largest absolute Gasteiger partial charge is 0.481 e. The fraction of sp³-hybridized carbons (Fsp3) is 0.895. The summed E-state index contributed by atoms with van der Waals surface area (Å²) in [5.74, 6) is -3.06. The van der Waals surface area contributed by atoms with Crippen molar-refractivity contribution in [2.75, 3.05) is 12.4 Å². The molecule has 0 aromatic heterocycles. The van der Waals surface area contributed by atoms with Crippen LogP contribution in [-0.4, -0.2) is 40.2 Å². The van der Waals surface area contributed by atoms with E-state index in [-0.39, 0.29) is 18.9 Å². The second kappa shape index (κ2) is 8.22. The van der Waals surface area contributed by atoms with Gasteiger partial charge >= 0.3 is 11.9 Å². The number of carboxylic acid groups (broad SMARTS) is 2. The molecule has 0 radical (unpaired) electrons. The molecule has 7 nitrogen and oxygen atoms in total. The van der Waals surface area contributed by atoms with E-state index < -0.39 is 47.1 Å². The van der Waals surface area contributed by atoms with Crippen molar-refractivity contribution in [2.45, 2.75) is 74.3 Å². The third kappa shape index (κ3) is 6.58. The Bertz CT molecular complexity index is 597. The Balaban J connectivity index is 6.74. The summed E-state index contributed by atoms with van der Waals surface area (Å²) in [6, 6.07) is 0. The molecule has 0 aliphatic rings. The number of carbonyl (C=O) groups is 2. The molecule has 0 spiro atoms. The van der Waals surface area contributed by atoms with E-state index in [0.717, 1.165) is 0 Å². The number of hydrogen-bond acceptors (Lipinski definition) is 5. The van der Waals surface area contributed by atoms with E-state index in [1.165, 1.54) is 0 Å². The maximum atomic E-state index is 13.5. The van der Waals surface area contributed by atoms with Gasteiger partial charge in [0.15, 0.2) is 0 Å². The Morgan fingerprint density at radius 1 is 1.00 bits per heavy atom. The van der Waals surface area contributed by atoms with Crippen molar-refractivity contribution in [1.29, 1.82) is 0 Å². The predicted octanol–water partition coefficient (Wildman–Crippen LogP) is 4.25. The van der Waals surface area contributed by atoms with Crippen LogP contribution in [0.2, 0.25) is 0 Å². The average Bonchev–Trinajstić information content (AvgIpc) is 2.37. The first-order valence-corrected chi connectivity index (χ1v) is 11.2. The van der Waals surface area contributed by atoms with E-state index in [0.29, 0.717) is 0 Å². The second-order valence-corrected chi connectivity index (χ2v) is 12.9. The van der Waals surface area contributed by atoms with Gasteiger partial charge in [0.05, 0.1) is 17.3 Å². The molecule has 0 aromatic carbocycles. The van der Waals surface area contributed by atoms with Crippen LogP contribution >= 0.6 is 7.37 Å². The lowest BCUT2D eigenvalue weighted by Crippen LogP contribution is -2.56. The first-order chi connectivity index (χ1) is 11.7. The minimum absolute atomic E-state index is 0.306. The zero-order chi connectivity index (χ0) is 22.1. The molecule has 0 saturated carbocycles. The molecular formula is C19H38NO6P. The average molecular weight is 407 g/mol. The van der Waals surface area contributed by atoms with Gasteiger partial charge in [-0.3, -0.25) is 14.2 Å². The molecule has 0 bridgehead atoms. The van der Waals surface area contributed by atoms with Crippen LogP contribution in [0.3, 0.4) is 0 Å². The lowest BCUT2D eigenvalue weighted by Gasteiger charge is -2.52. The standard InChI is InChI=1S/C19H38NO6P/c1-16(2,3)13(10-14(21)22)19(15(23)24,17(4,5)6)11-27(25,12-20)26-18(7,8)9/h13H,10-12,20H2,1-9H3,(H,21,22)(H,23,24). The maximum absolute atomic E-state index is 13.5. The number of rotatable bonds is 8. The van der Waals surface area contributed by atoms with Crippen LogP contribution in [0.25, 0.3) is 0 Å². The molecule has 0 aromatic rings. The molecule has 4 N–H and O–H groups in total. The van der Waals surface area contributed by atoms with Crippen molar-refractivity contribution in [1.82, 2.24) is 0 Å². The van der Waals surface area contributed by atoms with Gasteiger partial charge in [0, 0.05) is 12.6 Å². The van der Waals surface area contributed by atoms with Gasteiger partial charge in [0.1, 0.15) is 0 Å². The van der Waals surface area contributed by atoms with Crippen molar-refractivity contribution in [3.8, 4) is 0 Å². The summed E-state index contributed by atoms with van der Waals surface area (Å²) in [5.41, 5.74) is 1.84. The first kappa shape index (κ1) is 26.1. The number of aliphatic carboxylic acids is 2. The van der Waals surface area contributed by atoms with Crippen LogP contribution in [0, 0.1) is 22.2 Å². The third-order valence-electron chi connectivity index (χ3n) is 4.95. The normalized spacial score (nSPS) is 19.0. The van der Waals surface area contributed by atoms with Crippen molar-refractivity contribution < 1.29 is 28.9 Å². The van der Waals surface area contributed by atoms with Gasteiger partial charge in [-0.2, -0.15) is 0 Å². The summed E-state index contributed by atoms with van der Waals surface area (Å²) in [5, 5.41) is 19.8. The zero-order valence-corrected chi connectivity index (χ0v) is 19.1. The lowest BCUT2D eigenvalue weighted by atomic mass is 9.53. The fourth-order valence-corrected chi connectivity index (χ4v) is 6.67. The van der Waals surface area contributed by atoms with Crippen molar-refractivity contribution in [3.63, 3.8) is 0 Å². The highest BCUT2D eigenvalue weighted by molar-refractivity contribution is 7.59. The highest BCUT2D eigenvalue weighted by atomic mass is 31.2. The SMILES string of the molecule is CC(C)(C)OP(=O)(CN)CC(C(=O)O)(C(CC(=O)O)C(C)(C)C)C(C)(C)C. The first-order valence-electron chi connectivity index (χ1n) is 9.16. The number of hydrogen-bond donors (Lipinski definition) is 3. The van der Waals surface area contributed by atoms with E-state index in [2.05, 4.69) is 0 Å². The van der Waals surface area contributed by atoms with Gasteiger partial charge < -0.3 is 20.5 Å². The monoisotopic (exact) mass is 407 g/mol. The quantitative estimate of drug-likeness (QED) is 0.513. The second-order valence-electron chi connectivity index (χ2n) is 10.4. The Hall–Kier alpha value is -0.910. The molecule has 0 fully saturated rings. The summed E-state index contributed by atoms with van der Waals surface area (Å²) in [7, 11) is -3.56. The molecule has 0 rings (SSSR count). The Labute approximate surface area is 163 Å². The number of nitrogens with two attached hydrogens (primary N) is 1. The molecule has 0 aliphatic heterocycles. The van der Waals surface area contributed by atoms with E-state index in [9.17, 15) is 24.4 Å². The summed E-state index contributed by atoms with van der Waals surface area (Å²) in [6.45, 7) is 15.8. The van der Waals surface area contributed by atoms with Crippen molar-refractivity contribution >= 4 is 19.3 Å². The van der Waals surface area contributed by atoms with Crippen molar-refractivity contribution in [3.05, 3.63) is 0 Å². The van der Waals surface area contributed by atoms with Gasteiger partial charge in [0.25, 0.3) is 0 Å². The highest BCUT2D eigenvalue weighted by Crippen LogP contribution is 2.62. The van der Waals surface area contributed by atoms with Gasteiger partial charge in [-0.15, -0.1) is 0 Å². The highest BCUT2D eigenvalue weighted by Gasteiger charge is 2.60. The maximum Gasteiger partial charge on any atom is 0.311 e. The molecule has 0 amide bonds. The van der Waals surface area contributed by atoms with E-state index in [1.54, 1.807) is 41.5 Å². The van der Waals surface area contributed by atoms with Crippen molar-refractivity contribution in [2.24, 2.45) is 27.9 Å². The molecular weight excluding hydrogens is 369 g/mol. The molecule has 3 atom stereocenters. The Morgan fingerprint density at radius 3 is 1.67 bits per heavy atom. The van der Waals surface area contributed by atoms with Crippen LogP contribution in [0.5, 0.6) is 0 Å². The van der Waals surface area contributed by atoms with E-state index in [1.807, 2.05) is 20.8 Å². The van der Waals surface area contributed by atoms with Gasteiger partial charge in [-0.25, -0.2) is 0 Å². The zero-order valence-electron chi connectivity index (χ0n) is 18.3. The topological polar surface area (TPSA) is 127 Å². The smallest absolute Gasteiger partial charge is 0.311 e. The molecule has 160 valence electrons. The Morgan fingerprint density at radius 2 is 1.44 bits per heavy atom. The molecule has 27 heavy (non-hydrogen) atoms. The minimum Gasteiger partial charge on any atom is -0.481 e.